The molecule has 0 radical (unpaired) electrons. The lowest BCUT2D eigenvalue weighted by Gasteiger charge is -2.23. The molecule has 1 N–H and O–H groups in total. The molecule has 1 aromatic rings. The van der Waals surface area contributed by atoms with Crippen molar-refractivity contribution in [1.82, 2.24) is 5.32 Å². The lowest BCUT2D eigenvalue weighted by Crippen LogP contribution is -2.22. The first-order chi connectivity index (χ1) is 9.52. The van der Waals surface area contributed by atoms with E-state index in [9.17, 15) is 0 Å². The molecule has 0 spiro atoms. The fraction of sp³-hybridized carbons (Fsp3) is 0.647. The van der Waals surface area contributed by atoms with E-state index in [1.807, 2.05) is 0 Å². The third-order valence-corrected chi connectivity index (χ3v) is 5.13. The van der Waals surface area contributed by atoms with Crippen molar-refractivity contribution in [3.8, 4) is 0 Å². The Morgan fingerprint density at radius 1 is 1.35 bits per heavy atom. The molecule has 0 aliphatic carbocycles. The van der Waals surface area contributed by atoms with E-state index in [2.05, 4.69) is 72.0 Å². The topological polar surface area (TPSA) is 15.3 Å². The number of benzene rings is 1. The van der Waals surface area contributed by atoms with Crippen LogP contribution in [0.2, 0.25) is 0 Å². The van der Waals surface area contributed by atoms with E-state index < -0.39 is 0 Å². The molecule has 1 heterocycles. The molecule has 0 amide bonds. The van der Waals surface area contributed by atoms with Crippen LogP contribution in [0.15, 0.2) is 22.7 Å². The van der Waals surface area contributed by atoms with Gasteiger partial charge in [0, 0.05) is 23.6 Å². The van der Waals surface area contributed by atoms with Gasteiger partial charge in [-0.15, -0.1) is 0 Å². The maximum atomic E-state index is 3.76. The summed E-state index contributed by atoms with van der Waals surface area (Å²) in [6.07, 6.45) is 1.32. The molecule has 2 rings (SSSR count). The van der Waals surface area contributed by atoms with E-state index in [0.29, 0.717) is 6.04 Å². The number of rotatable bonds is 5. The second kappa shape index (κ2) is 6.95. The lowest BCUT2D eigenvalue weighted by molar-refractivity contribution is 0.423. The van der Waals surface area contributed by atoms with E-state index in [-0.39, 0.29) is 0 Å². The summed E-state index contributed by atoms with van der Waals surface area (Å²) >= 11 is 3.76. The molecule has 1 saturated heterocycles. The Morgan fingerprint density at radius 3 is 2.65 bits per heavy atom. The molecule has 112 valence electrons. The maximum Gasteiger partial charge on any atom is 0.0510 e. The standard InChI is InChI=1S/C17H27BrN2/c1-5-19-13(4)14-6-7-17(16(18)10-14)20-9-8-15(11-20)12(2)3/h6-7,10,12-13,15,19H,5,8-9,11H2,1-4H3. The minimum atomic E-state index is 0.410. The van der Waals surface area contributed by atoms with Crippen LogP contribution in [0.5, 0.6) is 0 Å². The zero-order valence-corrected chi connectivity index (χ0v) is 14.7. The fourth-order valence-electron chi connectivity index (χ4n) is 3.02. The molecule has 2 unspecified atom stereocenters. The molecule has 20 heavy (non-hydrogen) atoms. The number of nitrogens with zero attached hydrogens (tertiary/aromatic N) is 1. The Labute approximate surface area is 132 Å². The van der Waals surface area contributed by atoms with Crippen molar-refractivity contribution < 1.29 is 0 Å². The average molecular weight is 339 g/mol. The average Bonchev–Trinajstić information content (AvgIpc) is 2.88. The molecule has 0 saturated carbocycles. The summed E-state index contributed by atoms with van der Waals surface area (Å²) in [5.41, 5.74) is 2.70. The summed E-state index contributed by atoms with van der Waals surface area (Å²) in [5.74, 6) is 1.62. The molecule has 3 heteroatoms. The Bertz CT molecular complexity index is 445. The maximum absolute atomic E-state index is 3.76. The van der Waals surface area contributed by atoms with Crippen molar-refractivity contribution in [3.05, 3.63) is 28.2 Å². The van der Waals surface area contributed by atoms with Crippen molar-refractivity contribution in [1.29, 1.82) is 0 Å². The van der Waals surface area contributed by atoms with Gasteiger partial charge in [0.1, 0.15) is 0 Å². The van der Waals surface area contributed by atoms with Crippen LogP contribution in [0.1, 0.15) is 45.7 Å². The number of nitrogens with one attached hydrogen (secondary N) is 1. The Kier molecular flexibility index (Phi) is 5.50. The van der Waals surface area contributed by atoms with Crippen LogP contribution in [-0.2, 0) is 0 Å². The quantitative estimate of drug-likeness (QED) is 0.843. The number of hydrogen-bond donors (Lipinski definition) is 1. The normalized spacial score (nSPS) is 20.7. The van der Waals surface area contributed by atoms with E-state index >= 15 is 0 Å². The molecule has 0 bridgehead atoms. The molecule has 0 aromatic heterocycles. The van der Waals surface area contributed by atoms with Crippen LogP contribution >= 0.6 is 15.9 Å². The van der Waals surface area contributed by atoms with Crippen LogP contribution in [0, 0.1) is 11.8 Å². The van der Waals surface area contributed by atoms with Crippen molar-refractivity contribution in [2.75, 3.05) is 24.5 Å². The van der Waals surface area contributed by atoms with E-state index in [4.69, 9.17) is 0 Å². The van der Waals surface area contributed by atoms with Crippen LogP contribution in [0.25, 0.3) is 0 Å². The van der Waals surface area contributed by atoms with Gasteiger partial charge in [0.25, 0.3) is 0 Å². The van der Waals surface area contributed by atoms with Crippen molar-refractivity contribution in [2.24, 2.45) is 11.8 Å². The second-order valence-corrected chi connectivity index (χ2v) is 7.08. The van der Waals surface area contributed by atoms with Gasteiger partial charge in [-0.3, -0.25) is 0 Å². The Hall–Kier alpha value is -0.540. The lowest BCUT2D eigenvalue weighted by atomic mass is 9.95. The van der Waals surface area contributed by atoms with Crippen LogP contribution in [0.3, 0.4) is 0 Å². The molecule has 1 aromatic carbocycles. The van der Waals surface area contributed by atoms with Crippen LogP contribution in [0.4, 0.5) is 5.69 Å². The number of anilines is 1. The molecular formula is C17H27BrN2. The van der Waals surface area contributed by atoms with E-state index in [1.54, 1.807) is 0 Å². The second-order valence-electron chi connectivity index (χ2n) is 6.23. The molecule has 2 atom stereocenters. The van der Waals surface area contributed by atoms with E-state index in [0.717, 1.165) is 18.4 Å². The summed E-state index contributed by atoms with van der Waals surface area (Å²) < 4.78 is 1.23. The first kappa shape index (κ1) is 15.8. The summed E-state index contributed by atoms with van der Waals surface area (Å²) in [4.78, 5) is 2.52. The third kappa shape index (κ3) is 3.56. The monoisotopic (exact) mass is 338 g/mol. The van der Waals surface area contributed by atoms with Gasteiger partial charge in [-0.2, -0.15) is 0 Å². The predicted molar refractivity (Wildman–Crippen MR) is 91.4 cm³/mol. The van der Waals surface area contributed by atoms with Gasteiger partial charge in [0.2, 0.25) is 0 Å². The number of halogens is 1. The minimum absolute atomic E-state index is 0.410. The smallest absolute Gasteiger partial charge is 0.0510 e. The van der Waals surface area contributed by atoms with Gasteiger partial charge < -0.3 is 10.2 Å². The Morgan fingerprint density at radius 2 is 2.10 bits per heavy atom. The zero-order chi connectivity index (χ0) is 14.7. The van der Waals surface area contributed by atoms with Gasteiger partial charge in [-0.1, -0.05) is 26.8 Å². The van der Waals surface area contributed by atoms with Crippen molar-refractivity contribution >= 4 is 21.6 Å². The fourth-order valence-corrected chi connectivity index (χ4v) is 3.67. The molecule has 1 fully saturated rings. The number of hydrogen-bond acceptors (Lipinski definition) is 2. The van der Waals surface area contributed by atoms with Gasteiger partial charge in [0.15, 0.2) is 0 Å². The van der Waals surface area contributed by atoms with Gasteiger partial charge in [-0.25, -0.2) is 0 Å². The summed E-state index contributed by atoms with van der Waals surface area (Å²) in [6.45, 7) is 12.4. The highest BCUT2D eigenvalue weighted by molar-refractivity contribution is 9.10. The van der Waals surface area contributed by atoms with Gasteiger partial charge >= 0.3 is 0 Å². The molecular weight excluding hydrogens is 312 g/mol. The summed E-state index contributed by atoms with van der Waals surface area (Å²) in [7, 11) is 0. The van der Waals surface area contributed by atoms with Gasteiger partial charge in [-0.05, 0) is 65.4 Å². The van der Waals surface area contributed by atoms with Gasteiger partial charge in [0.05, 0.1) is 5.69 Å². The largest absolute Gasteiger partial charge is 0.370 e. The predicted octanol–water partition coefficient (Wildman–Crippen LogP) is 4.60. The summed E-state index contributed by atoms with van der Waals surface area (Å²) in [6, 6.07) is 7.21. The molecule has 1 aliphatic rings. The first-order valence-corrected chi connectivity index (χ1v) is 8.60. The highest BCUT2D eigenvalue weighted by atomic mass is 79.9. The highest BCUT2D eigenvalue weighted by Gasteiger charge is 2.26. The minimum Gasteiger partial charge on any atom is -0.370 e. The zero-order valence-electron chi connectivity index (χ0n) is 13.1. The van der Waals surface area contributed by atoms with Crippen molar-refractivity contribution in [2.45, 2.75) is 40.2 Å². The highest BCUT2D eigenvalue weighted by Crippen LogP contribution is 2.34. The molecule has 1 aliphatic heterocycles. The summed E-state index contributed by atoms with van der Waals surface area (Å²) in [5, 5.41) is 3.47. The van der Waals surface area contributed by atoms with Crippen LogP contribution in [-0.4, -0.2) is 19.6 Å². The first-order valence-electron chi connectivity index (χ1n) is 7.80. The third-order valence-electron chi connectivity index (χ3n) is 4.49. The Balaban J connectivity index is 2.10. The van der Waals surface area contributed by atoms with E-state index in [1.165, 1.54) is 35.2 Å². The van der Waals surface area contributed by atoms with Crippen molar-refractivity contribution in [3.63, 3.8) is 0 Å². The van der Waals surface area contributed by atoms with Crippen LogP contribution < -0.4 is 10.2 Å². The SMILES string of the molecule is CCNC(C)c1ccc(N2CCC(C(C)C)C2)c(Br)c1. The molecule has 2 nitrogen and oxygen atoms in total.